The molecule has 21 heavy (non-hydrogen) atoms. The Morgan fingerprint density at radius 1 is 1.52 bits per heavy atom. The zero-order chi connectivity index (χ0) is 15.3. The maximum absolute atomic E-state index is 6.25. The van der Waals surface area contributed by atoms with E-state index >= 15 is 0 Å². The maximum atomic E-state index is 6.25. The molecule has 0 radical (unpaired) electrons. The highest BCUT2D eigenvalue weighted by atomic mass is 35.5. The van der Waals surface area contributed by atoms with E-state index in [0.29, 0.717) is 0 Å². The van der Waals surface area contributed by atoms with E-state index in [4.69, 9.17) is 16.3 Å². The third-order valence-electron chi connectivity index (χ3n) is 4.14. The van der Waals surface area contributed by atoms with Crippen LogP contribution in [0.15, 0.2) is 12.3 Å². The summed E-state index contributed by atoms with van der Waals surface area (Å²) in [4.78, 5) is 6.80. The van der Waals surface area contributed by atoms with Gasteiger partial charge in [-0.3, -0.25) is 0 Å². The first-order chi connectivity index (χ1) is 10.1. The van der Waals surface area contributed by atoms with E-state index in [1.165, 1.54) is 0 Å². The van der Waals surface area contributed by atoms with Gasteiger partial charge in [0.25, 0.3) is 0 Å². The molecule has 118 valence electrons. The summed E-state index contributed by atoms with van der Waals surface area (Å²) >= 11 is 6.25. The normalized spacial score (nSPS) is 22.6. The molecule has 1 aliphatic heterocycles. The number of aromatic nitrogens is 1. The van der Waals surface area contributed by atoms with Gasteiger partial charge in [0.1, 0.15) is 5.82 Å². The van der Waals surface area contributed by atoms with Crippen LogP contribution in [0.2, 0.25) is 5.02 Å². The Bertz CT molecular complexity index is 469. The van der Waals surface area contributed by atoms with Crippen molar-refractivity contribution in [2.45, 2.75) is 45.3 Å². The van der Waals surface area contributed by atoms with Crippen LogP contribution < -0.4 is 10.2 Å². The quantitative estimate of drug-likeness (QED) is 0.818. The molecule has 1 N–H and O–H groups in total. The van der Waals surface area contributed by atoms with Crippen molar-refractivity contribution in [3.05, 3.63) is 22.8 Å². The van der Waals surface area contributed by atoms with E-state index in [-0.39, 0.29) is 5.60 Å². The van der Waals surface area contributed by atoms with E-state index in [1.54, 1.807) is 13.3 Å². The molecule has 4 nitrogen and oxygen atoms in total. The lowest BCUT2D eigenvalue weighted by Crippen LogP contribution is -2.47. The highest BCUT2D eigenvalue weighted by Crippen LogP contribution is 2.28. The predicted molar refractivity (Wildman–Crippen MR) is 88.1 cm³/mol. The van der Waals surface area contributed by atoms with Gasteiger partial charge in [0.15, 0.2) is 0 Å². The summed E-state index contributed by atoms with van der Waals surface area (Å²) in [6, 6.07) is 2.10. The smallest absolute Gasteiger partial charge is 0.129 e. The lowest BCUT2D eigenvalue weighted by atomic mass is 9.95. The van der Waals surface area contributed by atoms with Crippen molar-refractivity contribution < 1.29 is 4.74 Å². The van der Waals surface area contributed by atoms with Crippen molar-refractivity contribution in [2.24, 2.45) is 0 Å². The van der Waals surface area contributed by atoms with Gasteiger partial charge in [0, 0.05) is 32.9 Å². The average molecular weight is 312 g/mol. The van der Waals surface area contributed by atoms with E-state index in [2.05, 4.69) is 35.1 Å². The lowest BCUT2D eigenvalue weighted by molar-refractivity contribution is -0.00481. The minimum absolute atomic E-state index is 0.0831. The Balaban J connectivity index is 2.10. The van der Waals surface area contributed by atoms with E-state index in [0.717, 1.165) is 61.8 Å². The van der Waals surface area contributed by atoms with Gasteiger partial charge < -0.3 is 15.0 Å². The second kappa shape index (κ2) is 7.43. The second-order valence-corrected chi connectivity index (χ2v) is 6.40. The molecule has 2 heterocycles. The van der Waals surface area contributed by atoms with Gasteiger partial charge in [-0.25, -0.2) is 4.98 Å². The van der Waals surface area contributed by atoms with Crippen LogP contribution in [0, 0.1) is 0 Å². The zero-order valence-corrected chi connectivity index (χ0v) is 14.0. The summed E-state index contributed by atoms with van der Waals surface area (Å²) in [5.41, 5.74) is 1.03. The van der Waals surface area contributed by atoms with Crippen LogP contribution in [0.5, 0.6) is 0 Å². The van der Waals surface area contributed by atoms with Crippen molar-refractivity contribution in [1.82, 2.24) is 10.3 Å². The molecule has 0 spiro atoms. The van der Waals surface area contributed by atoms with E-state index in [9.17, 15) is 0 Å². The van der Waals surface area contributed by atoms with Crippen LogP contribution in [0.4, 0.5) is 5.82 Å². The summed E-state index contributed by atoms with van der Waals surface area (Å²) in [6.07, 6.45) is 5.10. The first-order valence-corrected chi connectivity index (χ1v) is 8.11. The van der Waals surface area contributed by atoms with Crippen LogP contribution in [0.25, 0.3) is 0 Å². The molecule has 1 aliphatic rings. The Kier molecular flexibility index (Phi) is 5.85. The van der Waals surface area contributed by atoms with Crippen LogP contribution in [-0.4, -0.2) is 37.3 Å². The number of halogens is 1. The number of piperidine rings is 1. The second-order valence-electron chi connectivity index (χ2n) is 5.99. The molecule has 1 fully saturated rings. The van der Waals surface area contributed by atoms with Gasteiger partial charge in [0.2, 0.25) is 0 Å². The number of rotatable bonds is 6. The Morgan fingerprint density at radius 3 is 3.05 bits per heavy atom. The highest BCUT2D eigenvalue weighted by Gasteiger charge is 2.31. The third-order valence-corrected chi connectivity index (χ3v) is 4.48. The molecule has 0 aliphatic carbocycles. The lowest BCUT2D eigenvalue weighted by Gasteiger charge is -2.40. The van der Waals surface area contributed by atoms with Gasteiger partial charge in [-0.2, -0.15) is 0 Å². The number of nitrogens with one attached hydrogen (secondary N) is 1. The van der Waals surface area contributed by atoms with Crippen molar-refractivity contribution in [2.75, 3.05) is 31.6 Å². The number of methoxy groups -OCH3 is 1. The fraction of sp³-hybridized carbons (Fsp3) is 0.688. The number of anilines is 1. The average Bonchev–Trinajstić information content (AvgIpc) is 2.49. The molecule has 1 saturated heterocycles. The summed E-state index contributed by atoms with van der Waals surface area (Å²) in [5, 5.41) is 4.12. The Hall–Kier alpha value is -0.840. The van der Waals surface area contributed by atoms with Crippen molar-refractivity contribution >= 4 is 17.4 Å². The van der Waals surface area contributed by atoms with Crippen molar-refractivity contribution in [1.29, 1.82) is 0 Å². The fourth-order valence-corrected chi connectivity index (χ4v) is 2.91. The monoisotopic (exact) mass is 311 g/mol. The van der Waals surface area contributed by atoms with Crippen LogP contribution in [-0.2, 0) is 11.3 Å². The van der Waals surface area contributed by atoms with Crippen LogP contribution in [0.3, 0.4) is 0 Å². The summed E-state index contributed by atoms with van der Waals surface area (Å²) < 4.78 is 5.66. The molecule has 1 unspecified atom stereocenters. The number of hydrogen-bond donors (Lipinski definition) is 1. The van der Waals surface area contributed by atoms with Gasteiger partial charge in [-0.15, -0.1) is 0 Å². The molecular weight excluding hydrogens is 286 g/mol. The van der Waals surface area contributed by atoms with Gasteiger partial charge in [0.05, 0.1) is 10.6 Å². The largest absolute Gasteiger partial charge is 0.377 e. The van der Waals surface area contributed by atoms with Crippen molar-refractivity contribution in [3.8, 4) is 0 Å². The summed E-state index contributed by atoms with van der Waals surface area (Å²) in [5.74, 6) is 0.996. The van der Waals surface area contributed by atoms with E-state index in [1.807, 2.05) is 0 Å². The summed E-state index contributed by atoms with van der Waals surface area (Å²) in [7, 11) is 1.79. The third kappa shape index (κ3) is 4.31. The van der Waals surface area contributed by atoms with Gasteiger partial charge >= 0.3 is 0 Å². The van der Waals surface area contributed by atoms with Crippen LogP contribution >= 0.6 is 11.6 Å². The molecule has 0 amide bonds. The standard InChI is InChI=1S/C16H26ClN3O/c1-4-7-18-10-13-9-15(19-11-14(13)17)20-8-5-6-16(2,12-20)21-3/h9,11,18H,4-8,10,12H2,1-3H3. The maximum Gasteiger partial charge on any atom is 0.129 e. The first-order valence-electron chi connectivity index (χ1n) is 7.73. The molecular formula is C16H26ClN3O. The molecule has 1 aromatic heterocycles. The number of pyridine rings is 1. The van der Waals surface area contributed by atoms with Gasteiger partial charge in [-0.1, -0.05) is 18.5 Å². The Labute approximate surface area is 132 Å². The fourth-order valence-electron chi connectivity index (χ4n) is 2.74. The predicted octanol–water partition coefficient (Wildman–Crippen LogP) is 3.24. The zero-order valence-electron chi connectivity index (χ0n) is 13.3. The molecule has 0 saturated carbocycles. The highest BCUT2D eigenvalue weighted by molar-refractivity contribution is 6.31. The number of nitrogens with zero attached hydrogens (tertiary/aromatic N) is 2. The molecule has 1 atom stereocenters. The first kappa shape index (κ1) is 16.5. The molecule has 2 rings (SSSR count). The SMILES string of the molecule is CCCNCc1cc(N2CCCC(C)(OC)C2)ncc1Cl. The minimum Gasteiger partial charge on any atom is -0.377 e. The minimum atomic E-state index is -0.0831. The van der Waals surface area contributed by atoms with Gasteiger partial charge in [-0.05, 0) is 44.4 Å². The topological polar surface area (TPSA) is 37.4 Å². The van der Waals surface area contributed by atoms with Crippen LogP contribution in [0.1, 0.15) is 38.7 Å². The van der Waals surface area contributed by atoms with E-state index < -0.39 is 0 Å². The number of hydrogen-bond acceptors (Lipinski definition) is 4. The molecule has 0 aromatic carbocycles. The number of ether oxygens (including phenoxy) is 1. The Morgan fingerprint density at radius 2 is 2.33 bits per heavy atom. The molecule has 5 heteroatoms. The molecule has 0 bridgehead atoms. The van der Waals surface area contributed by atoms with Crippen molar-refractivity contribution in [3.63, 3.8) is 0 Å². The molecule has 1 aromatic rings. The summed E-state index contributed by atoms with van der Waals surface area (Å²) in [6.45, 7) is 8.01.